The first kappa shape index (κ1) is 27.2. The first-order chi connectivity index (χ1) is 18.0. The molecule has 0 saturated heterocycles. The van der Waals surface area contributed by atoms with Crippen LogP contribution in [0, 0.1) is 5.92 Å². The minimum Gasteiger partial charge on any atom is -0.491 e. The molecule has 1 heterocycles. The number of fused-ring (bicyclic) bond motifs is 3. The molecule has 2 bridgehead atoms. The zero-order valence-corrected chi connectivity index (χ0v) is 22.6. The van der Waals surface area contributed by atoms with Gasteiger partial charge in [-0.2, -0.15) is 0 Å². The number of amides is 1. The Hall–Kier alpha value is -2.86. The van der Waals surface area contributed by atoms with E-state index in [2.05, 4.69) is 48.3 Å². The van der Waals surface area contributed by atoms with E-state index in [1.54, 1.807) is 0 Å². The van der Waals surface area contributed by atoms with Crippen LogP contribution >= 0.6 is 11.6 Å². The Bertz CT molecular complexity index is 1160. The van der Waals surface area contributed by atoms with Gasteiger partial charge in [-0.25, -0.2) is 0 Å². The van der Waals surface area contributed by atoms with Crippen LogP contribution < -0.4 is 10.1 Å². The fourth-order valence-electron chi connectivity index (χ4n) is 4.42. The third-order valence-corrected chi connectivity index (χ3v) is 6.79. The van der Waals surface area contributed by atoms with Crippen molar-refractivity contribution in [2.75, 3.05) is 32.9 Å². The standard InChI is InChI=1S/C31H37ClN2O3/c1-23(2)12-13-34-14-15-36-16-17-37-30-11-8-27(31(35)33-21-24-6-9-29(32)10-7-24)20-28(30)19-25-4-3-5-26(18-25)22-34/h3-11,18,20,23H,12-17,19,21-22H2,1-2H3,(H,33,35). The van der Waals surface area contributed by atoms with E-state index in [-0.39, 0.29) is 5.91 Å². The second-order valence-corrected chi connectivity index (χ2v) is 10.5. The maximum Gasteiger partial charge on any atom is 0.251 e. The van der Waals surface area contributed by atoms with E-state index in [1.165, 1.54) is 17.5 Å². The summed E-state index contributed by atoms with van der Waals surface area (Å²) in [6.45, 7) is 9.52. The average Bonchev–Trinajstić information content (AvgIpc) is 2.89. The Kier molecular flexibility index (Phi) is 10.0. The number of ether oxygens (including phenoxy) is 2. The second kappa shape index (κ2) is 13.6. The van der Waals surface area contributed by atoms with Crippen molar-refractivity contribution in [3.8, 4) is 5.75 Å². The van der Waals surface area contributed by atoms with Crippen LogP contribution in [0.3, 0.4) is 0 Å². The fourth-order valence-corrected chi connectivity index (χ4v) is 4.55. The van der Waals surface area contributed by atoms with Crippen molar-refractivity contribution in [1.29, 1.82) is 0 Å². The lowest BCUT2D eigenvalue weighted by atomic mass is 9.99. The van der Waals surface area contributed by atoms with Crippen LogP contribution in [0.25, 0.3) is 0 Å². The molecular weight excluding hydrogens is 484 g/mol. The molecule has 37 heavy (non-hydrogen) atoms. The van der Waals surface area contributed by atoms with Crippen LogP contribution in [0.5, 0.6) is 5.75 Å². The van der Waals surface area contributed by atoms with Gasteiger partial charge in [0.15, 0.2) is 0 Å². The summed E-state index contributed by atoms with van der Waals surface area (Å²) in [4.78, 5) is 15.4. The Labute approximate surface area is 225 Å². The van der Waals surface area contributed by atoms with Gasteiger partial charge in [-0.15, -0.1) is 0 Å². The summed E-state index contributed by atoms with van der Waals surface area (Å²) >= 11 is 5.97. The third kappa shape index (κ3) is 8.60. The summed E-state index contributed by atoms with van der Waals surface area (Å²) in [5.41, 5.74) is 5.10. The first-order valence-electron chi connectivity index (χ1n) is 13.1. The summed E-state index contributed by atoms with van der Waals surface area (Å²) in [5.74, 6) is 1.34. The van der Waals surface area contributed by atoms with E-state index < -0.39 is 0 Å². The number of hydrogen-bond acceptors (Lipinski definition) is 4. The molecule has 0 radical (unpaired) electrons. The van der Waals surface area contributed by atoms with Gasteiger partial charge in [-0.05, 0) is 71.5 Å². The van der Waals surface area contributed by atoms with Crippen molar-refractivity contribution in [2.45, 2.75) is 39.8 Å². The Morgan fingerprint density at radius 3 is 2.62 bits per heavy atom. The minimum atomic E-state index is -0.116. The van der Waals surface area contributed by atoms with Gasteiger partial charge < -0.3 is 14.8 Å². The molecule has 4 rings (SSSR count). The summed E-state index contributed by atoms with van der Waals surface area (Å²) < 4.78 is 12.0. The van der Waals surface area contributed by atoms with Gasteiger partial charge in [0.2, 0.25) is 0 Å². The second-order valence-electron chi connectivity index (χ2n) is 10.0. The number of halogens is 1. The summed E-state index contributed by atoms with van der Waals surface area (Å²) in [7, 11) is 0. The quantitative estimate of drug-likeness (QED) is 0.425. The highest BCUT2D eigenvalue weighted by atomic mass is 35.5. The maximum absolute atomic E-state index is 13.0. The molecule has 0 aromatic heterocycles. The van der Waals surface area contributed by atoms with E-state index in [9.17, 15) is 4.79 Å². The number of nitrogens with one attached hydrogen (secondary N) is 1. The van der Waals surface area contributed by atoms with Crippen molar-refractivity contribution in [1.82, 2.24) is 10.2 Å². The van der Waals surface area contributed by atoms with E-state index in [0.717, 1.165) is 36.5 Å². The van der Waals surface area contributed by atoms with Crippen LogP contribution in [0.1, 0.15) is 52.9 Å². The molecule has 1 aliphatic rings. The van der Waals surface area contributed by atoms with Crippen molar-refractivity contribution in [2.24, 2.45) is 5.92 Å². The zero-order valence-electron chi connectivity index (χ0n) is 21.8. The lowest BCUT2D eigenvalue weighted by Crippen LogP contribution is -2.29. The smallest absolute Gasteiger partial charge is 0.251 e. The van der Waals surface area contributed by atoms with Crippen LogP contribution in [0.2, 0.25) is 5.02 Å². The molecule has 0 fully saturated rings. The molecule has 5 nitrogen and oxygen atoms in total. The predicted molar refractivity (Wildman–Crippen MR) is 149 cm³/mol. The largest absolute Gasteiger partial charge is 0.491 e. The number of carbonyl (C=O) groups excluding carboxylic acids is 1. The Morgan fingerprint density at radius 1 is 1.00 bits per heavy atom. The van der Waals surface area contributed by atoms with Crippen molar-refractivity contribution < 1.29 is 14.3 Å². The molecule has 6 heteroatoms. The molecule has 1 N–H and O–H groups in total. The van der Waals surface area contributed by atoms with E-state index >= 15 is 0 Å². The topological polar surface area (TPSA) is 50.8 Å². The fraction of sp³-hybridized carbons (Fsp3) is 0.387. The van der Waals surface area contributed by atoms with Gasteiger partial charge in [0.25, 0.3) is 5.91 Å². The lowest BCUT2D eigenvalue weighted by Gasteiger charge is -2.24. The average molecular weight is 521 g/mol. The number of carbonyl (C=O) groups is 1. The molecule has 0 saturated carbocycles. The highest BCUT2D eigenvalue weighted by Gasteiger charge is 2.14. The highest BCUT2D eigenvalue weighted by molar-refractivity contribution is 6.30. The zero-order chi connectivity index (χ0) is 26.0. The van der Waals surface area contributed by atoms with E-state index in [1.807, 2.05) is 42.5 Å². The van der Waals surface area contributed by atoms with Crippen molar-refractivity contribution >= 4 is 17.5 Å². The molecular formula is C31H37ClN2O3. The summed E-state index contributed by atoms with van der Waals surface area (Å²) in [6.07, 6.45) is 1.85. The normalized spacial score (nSPS) is 14.9. The van der Waals surface area contributed by atoms with Crippen LogP contribution in [0.4, 0.5) is 0 Å². The molecule has 0 aliphatic carbocycles. The number of rotatable bonds is 6. The van der Waals surface area contributed by atoms with Crippen molar-refractivity contribution in [3.05, 3.63) is 99.6 Å². The minimum absolute atomic E-state index is 0.116. The highest BCUT2D eigenvalue weighted by Crippen LogP contribution is 2.25. The first-order valence-corrected chi connectivity index (χ1v) is 13.5. The molecule has 0 atom stereocenters. The maximum atomic E-state index is 13.0. The van der Waals surface area contributed by atoms with Crippen molar-refractivity contribution in [3.63, 3.8) is 0 Å². The Morgan fingerprint density at radius 2 is 1.81 bits per heavy atom. The Balaban J connectivity index is 1.51. The molecule has 1 amide bonds. The molecule has 0 unspecified atom stereocenters. The van der Waals surface area contributed by atoms with E-state index in [4.69, 9.17) is 21.1 Å². The van der Waals surface area contributed by atoms with Gasteiger partial charge >= 0.3 is 0 Å². The van der Waals surface area contributed by atoms with Gasteiger partial charge in [0, 0.05) is 36.6 Å². The number of benzene rings is 3. The summed E-state index contributed by atoms with van der Waals surface area (Å²) in [5, 5.41) is 3.69. The van der Waals surface area contributed by atoms with Gasteiger partial charge in [0.05, 0.1) is 13.2 Å². The van der Waals surface area contributed by atoms with E-state index in [0.29, 0.717) is 49.3 Å². The summed E-state index contributed by atoms with van der Waals surface area (Å²) in [6, 6.07) is 21.9. The van der Waals surface area contributed by atoms with Crippen LogP contribution in [0.15, 0.2) is 66.7 Å². The van der Waals surface area contributed by atoms with Gasteiger partial charge in [0.1, 0.15) is 12.4 Å². The molecule has 3 aromatic rings. The van der Waals surface area contributed by atoms with Crippen LogP contribution in [-0.2, 0) is 24.2 Å². The van der Waals surface area contributed by atoms with Gasteiger partial charge in [-0.1, -0.05) is 61.8 Å². The molecule has 3 aromatic carbocycles. The number of hydrogen-bond donors (Lipinski definition) is 1. The predicted octanol–water partition coefficient (Wildman–Crippen LogP) is 6.12. The molecule has 0 spiro atoms. The van der Waals surface area contributed by atoms with Gasteiger partial charge in [-0.3, -0.25) is 9.69 Å². The lowest BCUT2D eigenvalue weighted by molar-refractivity contribution is 0.0764. The molecule has 1 aliphatic heterocycles. The third-order valence-electron chi connectivity index (χ3n) is 6.54. The SMILES string of the molecule is CC(C)CCN1CCOCCOc2ccc(C(=O)NCc3ccc(Cl)cc3)cc2Cc2cccc(c2)C1. The number of nitrogens with zero attached hydrogens (tertiary/aromatic N) is 1. The monoisotopic (exact) mass is 520 g/mol. The molecule has 196 valence electrons. The van der Waals surface area contributed by atoms with Crippen LogP contribution in [-0.4, -0.2) is 43.7 Å².